The van der Waals surface area contributed by atoms with Crippen LogP contribution < -0.4 is 5.32 Å². The summed E-state index contributed by atoms with van der Waals surface area (Å²) in [5, 5.41) is 11.8. The fourth-order valence-electron chi connectivity index (χ4n) is 2.49. The molecule has 0 bridgehead atoms. The highest BCUT2D eigenvalue weighted by Crippen LogP contribution is 2.41. The van der Waals surface area contributed by atoms with Gasteiger partial charge < -0.3 is 15.2 Å². The predicted octanol–water partition coefficient (Wildman–Crippen LogP) is 0.974. The summed E-state index contributed by atoms with van der Waals surface area (Å²) in [6.07, 6.45) is 3.52. The number of amides is 1. The zero-order chi connectivity index (χ0) is 13.7. The maximum atomic E-state index is 10.9. The van der Waals surface area contributed by atoms with Gasteiger partial charge in [0.25, 0.3) is 0 Å². The van der Waals surface area contributed by atoms with Crippen LogP contribution in [0.5, 0.6) is 0 Å². The molecule has 1 amide bonds. The van der Waals surface area contributed by atoms with Gasteiger partial charge in [-0.2, -0.15) is 23.5 Å². The van der Waals surface area contributed by atoms with Gasteiger partial charge in [-0.25, -0.2) is 4.79 Å². The first-order valence-corrected chi connectivity index (χ1v) is 8.61. The third-order valence-electron chi connectivity index (χ3n) is 3.58. The van der Waals surface area contributed by atoms with Gasteiger partial charge in [0, 0.05) is 23.4 Å². The number of carboxylic acids is 1. The number of hydrogen-bond donors (Lipinski definition) is 2. The van der Waals surface area contributed by atoms with Gasteiger partial charge in [0.15, 0.2) is 0 Å². The lowest BCUT2D eigenvalue weighted by Crippen LogP contribution is -2.42. The van der Waals surface area contributed by atoms with Crippen molar-refractivity contribution in [3.63, 3.8) is 0 Å². The highest BCUT2D eigenvalue weighted by molar-refractivity contribution is 8.00. The van der Waals surface area contributed by atoms with Gasteiger partial charge in [-0.05, 0) is 25.0 Å². The van der Waals surface area contributed by atoms with Crippen molar-refractivity contribution in [3.05, 3.63) is 0 Å². The summed E-state index contributed by atoms with van der Waals surface area (Å²) < 4.78 is 5.94. The molecule has 2 heterocycles. The van der Waals surface area contributed by atoms with Crippen LogP contribution in [0.1, 0.15) is 19.3 Å². The van der Waals surface area contributed by atoms with Gasteiger partial charge >= 0.3 is 5.97 Å². The van der Waals surface area contributed by atoms with Crippen LogP contribution in [0.4, 0.5) is 0 Å². The molecule has 7 heteroatoms. The van der Waals surface area contributed by atoms with Gasteiger partial charge in [0.05, 0.1) is 5.60 Å². The predicted molar refractivity (Wildman–Crippen MR) is 76.7 cm³/mol. The smallest absolute Gasteiger partial charge is 0.327 e. The number of carbonyl (C=O) groups excluding carboxylic acids is 1. The first kappa shape index (κ1) is 15.0. The van der Waals surface area contributed by atoms with Crippen LogP contribution >= 0.6 is 23.5 Å². The highest BCUT2D eigenvalue weighted by Gasteiger charge is 2.40. The van der Waals surface area contributed by atoms with Gasteiger partial charge in [-0.15, -0.1) is 0 Å². The Labute approximate surface area is 121 Å². The molecule has 0 saturated carbocycles. The molecule has 0 aromatic heterocycles. The number of ether oxygens (including phenoxy) is 1. The molecule has 3 unspecified atom stereocenters. The molecule has 108 valence electrons. The van der Waals surface area contributed by atoms with E-state index in [0.717, 1.165) is 37.4 Å². The van der Waals surface area contributed by atoms with E-state index in [1.807, 2.05) is 11.8 Å². The van der Waals surface area contributed by atoms with Crippen molar-refractivity contribution >= 4 is 35.9 Å². The van der Waals surface area contributed by atoms with Crippen LogP contribution in [0.15, 0.2) is 0 Å². The monoisotopic (exact) mass is 305 g/mol. The molecule has 0 radical (unpaired) electrons. The molecule has 2 fully saturated rings. The van der Waals surface area contributed by atoms with Crippen LogP contribution in [-0.2, 0) is 14.3 Å². The molecular weight excluding hydrogens is 286 g/mol. The molecule has 0 aromatic rings. The van der Waals surface area contributed by atoms with E-state index < -0.39 is 12.0 Å². The summed E-state index contributed by atoms with van der Waals surface area (Å²) in [6, 6.07) is -0.792. The van der Waals surface area contributed by atoms with Gasteiger partial charge in [0.1, 0.15) is 6.04 Å². The molecule has 2 aliphatic heterocycles. The molecule has 0 aliphatic carbocycles. The Morgan fingerprint density at radius 1 is 1.68 bits per heavy atom. The molecule has 19 heavy (non-hydrogen) atoms. The summed E-state index contributed by atoms with van der Waals surface area (Å²) in [5.41, 5.74) is 0.0252. The Kier molecular flexibility index (Phi) is 5.41. The van der Waals surface area contributed by atoms with Crippen molar-refractivity contribution in [1.82, 2.24) is 5.32 Å². The second-order valence-corrected chi connectivity index (χ2v) is 7.40. The summed E-state index contributed by atoms with van der Waals surface area (Å²) in [7, 11) is 0. The first-order chi connectivity index (χ1) is 9.15. The molecule has 2 saturated heterocycles. The average molecular weight is 305 g/mol. The Hall–Kier alpha value is -0.400. The van der Waals surface area contributed by atoms with E-state index in [1.54, 1.807) is 11.8 Å². The Balaban J connectivity index is 1.81. The number of aliphatic carboxylic acids is 1. The van der Waals surface area contributed by atoms with Crippen LogP contribution in [0.3, 0.4) is 0 Å². The molecule has 2 N–H and O–H groups in total. The number of carboxylic acid groups (broad SMARTS) is 1. The topological polar surface area (TPSA) is 75.6 Å². The number of thioether (sulfide) groups is 2. The van der Waals surface area contributed by atoms with Crippen molar-refractivity contribution in [1.29, 1.82) is 0 Å². The van der Waals surface area contributed by atoms with Crippen LogP contribution in [0.25, 0.3) is 0 Å². The van der Waals surface area contributed by atoms with Gasteiger partial charge in [-0.1, -0.05) is 0 Å². The highest BCUT2D eigenvalue weighted by atomic mass is 32.2. The summed E-state index contributed by atoms with van der Waals surface area (Å²) in [5.74, 6) is 1.65. The standard InChI is InChI=1S/C12H19NO4S2/c14-8-13-10(11(15)16)6-19-9-1-3-17-12(5-9)2-4-18-7-12/h8-10H,1-7H2,(H,13,14)(H,15,16). The number of rotatable bonds is 6. The molecule has 3 atom stereocenters. The van der Waals surface area contributed by atoms with Crippen molar-refractivity contribution in [2.75, 3.05) is 23.9 Å². The molecular formula is C12H19NO4S2. The molecule has 2 aliphatic rings. The lowest BCUT2D eigenvalue weighted by Gasteiger charge is -2.37. The minimum atomic E-state index is -0.974. The minimum Gasteiger partial charge on any atom is -0.480 e. The Bertz CT molecular complexity index is 334. The molecule has 0 aromatic carbocycles. The first-order valence-electron chi connectivity index (χ1n) is 6.41. The number of carbonyl (C=O) groups is 2. The van der Waals surface area contributed by atoms with Gasteiger partial charge in [-0.3, -0.25) is 4.79 Å². The van der Waals surface area contributed by atoms with Gasteiger partial charge in [0.2, 0.25) is 6.41 Å². The quantitative estimate of drug-likeness (QED) is 0.712. The van der Waals surface area contributed by atoms with E-state index in [1.165, 1.54) is 0 Å². The molecule has 2 rings (SSSR count). The molecule has 1 spiro atoms. The van der Waals surface area contributed by atoms with E-state index in [4.69, 9.17) is 9.84 Å². The average Bonchev–Trinajstić information content (AvgIpc) is 2.82. The number of nitrogens with one attached hydrogen (secondary N) is 1. The largest absolute Gasteiger partial charge is 0.480 e. The van der Waals surface area contributed by atoms with E-state index in [-0.39, 0.29) is 5.60 Å². The third kappa shape index (κ3) is 4.03. The maximum Gasteiger partial charge on any atom is 0.327 e. The van der Waals surface area contributed by atoms with Crippen LogP contribution in [0.2, 0.25) is 0 Å². The summed E-state index contributed by atoms with van der Waals surface area (Å²) >= 11 is 3.57. The SMILES string of the molecule is O=CNC(CSC1CCOC2(CCSC2)C1)C(=O)O. The van der Waals surface area contributed by atoms with Crippen molar-refractivity contribution in [2.45, 2.75) is 36.2 Å². The molecule has 5 nitrogen and oxygen atoms in total. The minimum absolute atomic E-state index is 0.0252. The van der Waals surface area contributed by atoms with Crippen molar-refractivity contribution in [3.8, 4) is 0 Å². The zero-order valence-electron chi connectivity index (χ0n) is 10.7. The van der Waals surface area contributed by atoms with E-state index in [0.29, 0.717) is 17.4 Å². The lowest BCUT2D eigenvalue weighted by atomic mass is 9.93. The zero-order valence-corrected chi connectivity index (χ0v) is 12.3. The van der Waals surface area contributed by atoms with Crippen LogP contribution in [-0.4, -0.2) is 58.2 Å². The fraction of sp³-hybridized carbons (Fsp3) is 0.833. The summed E-state index contributed by atoms with van der Waals surface area (Å²) in [6.45, 7) is 0.761. The number of hydrogen-bond acceptors (Lipinski definition) is 5. The van der Waals surface area contributed by atoms with E-state index in [9.17, 15) is 9.59 Å². The van der Waals surface area contributed by atoms with Crippen LogP contribution in [0, 0.1) is 0 Å². The third-order valence-corrected chi connectivity index (χ3v) is 6.20. The lowest BCUT2D eigenvalue weighted by molar-refractivity contribution is -0.139. The normalized spacial score (nSPS) is 32.1. The van der Waals surface area contributed by atoms with E-state index in [2.05, 4.69) is 5.32 Å². The van der Waals surface area contributed by atoms with Crippen molar-refractivity contribution < 1.29 is 19.4 Å². The summed E-state index contributed by atoms with van der Waals surface area (Å²) in [4.78, 5) is 21.3. The maximum absolute atomic E-state index is 10.9. The second-order valence-electron chi connectivity index (χ2n) is 4.96. The Morgan fingerprint density at radius 2 is 2.53 bits per heavy atom. The van der Waals surface area contributed by atoms with Crippen molar-refractivity contribution in [2.24, 2.45) is 0 Å². The Morgan fingerprint density at radius 3 is 3.16 bits per heavy atom. The van der Waals surface area contributed by atoms with E-state index >= 15 is 0 Å². The fourth-order valence-corrected chi connectivity index (χ4v) is 5.26. The second kappa shape index (κ2) is 6.85.